The van der Waals surface area contributed by atoms with E-state index < -0.39 is 0 Å². The molecule has 0 spiro atoms. The summed E-state index contributed by atoms with van der Waals surface area (Å²) in [5, 5.41) is 8.14. The van der Waals surface area contributed by atoms with Gasteiger partial charge in [-0.2, -0.15) is 5.10 Å². The van der Waals surface area contributed by atoms with Crippen molar-refractivity contribution in [1.82, 2.24) is 14.8 Å². The fraction of sp³-hybridized carbons (Fsp3) is 0.316. The van der Waals surface area contributed by atoms with E-state index in [1.54, 1.807) is 6.20 Å². The van der Waals surface area contributed by atoms with Crippen LogP contribution in [-0.4, -0.2) is 20.7 Å². The van der Waals surface area contributed by atoms with Gasteiger partial charge in [0.25, 0.3) is 5.91 Å². The molecule has 1 aromatic carbocycles. The molecule has 0 fully saturated rings. The highest BCUT2D eigenvalue weighted by Gasteiger charge is 2.17. The number of amides is 1. The Hall–Kier alpha value is -2.69. The van der Waals surface area contributed by atoms with Crippen LogP contribution < -0.4 is 5.32 Å². The molecule has 3 rings (SSSR count). The van der Waals surface area contributed by atoms with Crippen molar-refractivity contribution < 1.29 is 4.79 Å². The molecule has 3 aromatic rings. The molecule has 0 atom stereocenters. The number of nitrogens with one attached hydrogen (secondary N) is 1. The molecule has 124 valence electrons. The van der Waals surface area contributed by atoms with Gasteiger partial charge in [0.1, 0.15) is 0 Å². The maximum absolute atomic E-state index is 12.8. The highest BCUT2D eigenvalue weighted by molar-refractivity contribution is 6.12. The van der Waals surface area contributed by atoms with E-state index in [4.69, 9.17) is 0 Å². The van der Waals surface area contributed by atoms with Crippen LogP contribution >= 0.6 is 0 Å². The summed E-state index contributed by atoms with van der Waals surface area (Å²) >= 11 is 0. The number of hydrogen-bond acceptors (Lipinski definition) is 3. The first-order valence-corrected chi connectivity index (χ1v) is 8.10. The fourth-order valence-corrected chi connectivity index (χ4v) is 2.73. The molecule has 5 nitrogen and oxygen atoms in total. The number of aryl methyl sites for hydroxylation is 3. The third-order valence-corrected chi connectivity index (χ3v) is 4.19. The van der Waals surface area contributed by atoms with Gasteiger partial charge in [-0.1, -0.05) is 6.07 Å². The summed E-state index contributed by atoms with van der Waals surface area (Å²) < 4.78 is 1.84. The number of carbonyl (C=O) groups excluding carboxylic acids is 1. The minimum Gasteiger partial charge on any atom is -0.322 e. The molecule has 0 saturated heterocycles. The number of fused-ring (bicyclic) bond motifs is 1. The Labute approximate surface area is 141 Å². The first kappa shape index (κ1) is 16.2. The van der Waals surface area contributed by atoms with E-state index in [1.165, 1.54) is 5.56 Å². The minimum absolute atomic E-state index is 0.142. The number of rotatable bonds is 3. The second kappa shape index (κ2) is 6.07. The zero-order valence-electron chi connectivity index (χ0n) is 14.7. The molecular formula is C19H22N4O. The number of pyridine rings is 1. The van der Waals surface area contributed by atoms with Gasteiger partial charge in [-0.05, 0) is 63.9 Å². The van der Waals surface area contributed by atoms with Crippen LogP contribution in [-0.2, 0) is 0 Å². The van der Waals surface area contributed by atoms with Crippen molar-refractivity contribution in [3.8, 4) is 0 Å². The topological polar surface area (TPSA) is 59.8 Å². The first-order chi connectivity index (χ1) is 11.4. The van der Waals surface area contributed by atoms with Crippen LogP contribution in [0, 0.1) is 20.8 Å². The highest BCUT2D eigenvalue weighted by atomic mass is 16.1. The normalized spacial score (nSPS) is 11.2. The van der Waals surface area contributed by atoms with Crippen LogP contribution in [0.1, 0.15) is 47.1 Å². The van der Waals surface area contributed by atoms with Crippen LogP contribution in [0.2, 0.25) is 0 Å². The summed E-state index contributed by atoms with van der Waals surface area (Å²) in [6.45, 7) is 10.1. The maximum atomic E-state index is 12.8. The lowest BCUT2D eigenvalue weighted by Gasteiger charge is -2.10. The zero-order valence-corrected chi connectivity index (χ0v) is 14.7. The molecule has 5 heteroatoms. The molecule has 0 bridgehead atoms. The Bertz CT molecular complexity index is 925. The van der Waals surface area contributed by atoms with E-state index in [-0.39, 0.29) is 11.9 Å². The number of benzene rings is 1. The molecule has 0 aliphatic carbocycles. The predicted octanol–water partition coefficient (Wildman–Crippen LogP) is 4.19. The zero-order chi connectivity index (χ0) is 17.4. The standard InChI is InChI=1S/C19H22N4O/c1-11(2)23-18-17(10-20-23)16(9-14(5)21-18)19(24)22-15-7-6-12(3)13(4)8-15/h6-11H,1-5H3,(H,22,24). The van der Waals surface area contributed by atoms with Gasteiger partial charge in [-0.3, -0.25) is 4.79 Å². The van der Waals surface area contributed by atoms with Gasteiger partial charge in [-0.25, -0.2) is 9.67 Å². The molecule has 2 aromatic heterocycles. The molecule has 0 radical (unpaired) electrons. The minimum atomic E-state index is -0.142. The maximum Gasteiger partial charge on any atom is 0.256 e. The predicted molar refractivity (Wildman–Crippen MR) is 96.5 cm³/mol. The van der Waals surface area contributed by atoms with Gasteiger partial charge in [-0.15, -0.1) is 0 Å². The molecule has 1 N–H and O–H groups in total. The summed E-state index contributed by atoms with van der Waals surface area (Å²) in [6.07, 6.45) is 1.72. The fourth-order valence-electron chi connectivity index (χ4n) is 2.73. The van der Waals surface area contributed by atoms with Crippen LogP contribution in [0.15, 0.2) is 30.5 Å². The van der Waals surface area contributed by atoms with Crippen LogP contribution in [0.5, 0.6) is 0 Å². The summed E-state index contributed by atoms with van der Waals surface area (Å²) in [6, 6.07) is 7.91. The molecule has 24 heavy (non-hydrogen) atoms. The van der Waals surface area contributed by atoms with E-state index in [9.17, 15) is 4.79 Å². The van der Waals surface area contributed by atoms with Crippen molar-refractivity contribution in [3.05, 3.63) is 52.8 Å². The van der Waals surface area contributed by atoms with Gasteiger partial charge >= 0.3 is 0 Å². The lowest BCUT2D eigenvalue weighted by Crippen LogP contribution is -2.13. The molecule has 0 unspecified atom stereocenters. The van der Waals surface area contributed by atoms with E-state index in [0.29, 0.717) is 5.56 Å². The number of anilines is 1. The monoisotopic (exact) mass is 322 g/mol. The van der Waals surface area contributed by atoms with Crippen molar-refractivity contribution in [2.45, 2.75) is 40.7 Å². The van der Waals surface area contributed by atoms with Gasteiger partial charge in [0.2, 0.25) is 0 Å². The van der Waals surface area contributed by atoms with E-state index in [0.717, 1.165) is 28.0 Å². The van der Waals surface area contributed by atoms with Crippen LogP contribution in [0.4, 0.5) is 5.69 Å². The molecular weight excluding hydrogens is 300 g/mol. The Morgan fingerprint density at radius 2 is 1.88 bits per heavy atom. The van der Waals surface area contributed by atoms with Crippen LogP contribution in [0.25, 0.3) is 11.0 Å². The summed E-state index contributed by atoms with van der Waals surface area (Å²) in [7, 11) is 0. The molecule has 1 amide bonds. The quantitative estimate of drug-likeness (QED) is 0.786. The van der Waals surface area contributed by atoms with E-state index in [1.807, 2.05) is 56.6 Å². The second-order valence-electron chi connectivity index (χ2n) is 6.48. The molecule has 0 aliphatic heterocycles. The second-order valence-corrected chi connectivity index (χ2v) is 6.48. The summed E-state index contributed by atoms with van der Waals surface area (Å²) in [5.41, 5.74) is 5.29. The van der Waals surface area contributed by atoms with E-state index >= 15 is 0 Å². The Morgan fingerprint density at radius 1 is 1.12 bits per heavy atom. The Morgan fingerprint density at radius 3 is 2.54 bits per heavy atom. The van der Waals surface area contributed by atoms with E-state index in [2.05, 4.69) is 22.3 Å². The van der Waals surface area contributed by atoms with Crippen molar-refractivity contribution in [2.75, 3.05) is 5.32 Å². The summed E-state index contributed by atoms with van der Waals surface area (Å²) in [5.74, 6) is -0.142. The largest absolute Gasteiger partial charge is 0.322 e. The average Bonchev–Trinajstić information content (AvgIpc) is 2.93. The van der Waals surface area contributed by atoms with Gasteiger partial charge < -0.3 is 5.32 Å². The SMILES string of the molecule is Cc1cc(C(=O)Nc2ccc(C)c(C)c2)c2cnn(C(C)C)c2n1. The van der Waals surface area contributed by atoms with Crippen molar-refractivity contribution in [3.63, 3.8) is 0 Å². The number of nitrogens with zero attached hydrogens (tertiary/aromatic N) is 3. The van der Waals surface area contributed by atoms with Crippen molar-refractivity contribution in [2.24, 2.45) is 0 Å². The van der Waals surface area contributed by atoms with Crippen molar-refractivity contribution >= 4 is 22.6 Å². The van der Waals surface area contributed by atoms with Gasteiger partial charge in [0.15, 0.2) is 5.65 Å². The molecule has 0 saturated carbocycles. The third kappa shape index (κ3) is 2.89. The summed E-state index contributed by atoms with van der Waals surface area (Å²) in [4.78, 5) is 17.3. The number of hydrogen-bond donors (Lipinski definition) is 1. The molecule has 2 heterocycles. The van der Waals surface area contributed by atoms with Gasteiger partial charge in [0.05, 0.1) is 17.1 Å². The highest BCUT2D eigenvalue weighted by Crippen LogP contribution is 2.22. The first-order valence-electron chi connectivity index (χ1n) is 8.10. The Kier molecular flexibility index (Phi) is 4.09. The van der Waals surface area contributed by atoms with Crippen molar-refractivity contribution in [1.29, 1.82) is 0 Å². The molecule has 0 aliphatic rings. The van der Waals surface area contributed by atoms with Crippen LogP contribution in [0.3, 0.4) is 0 Å². The third-order valence-electron chi connectivity index (χ3n) is 4.19. The average molecular weight is 322 g/mol. The van der Waals surface area contributed by atoms with Gasteiger partial charge in [0, 0.05) is 17.4 Å². The lowest BCUT2D eigenvalue weighted by molar-refractivity contribution is 0.102. The number of carbonyl (C=O) groups is 1. The lowest BCUT2D eigenvalue weighted by atomic mass is 10.1. The Balaban J connectivity index is 2.01. The number of aromatic nitrogens is 3. The smallest absolute Gasteiger partial charge is 0.256 e.